The molecule has 2 aliphatic heterocycles. The third kappa shape index (κ3) is 2.87. The van der Waals surface area contributed by atoms with Gasteiger partial charge in [0.15, 0.2) is 0 Å². The van der Waals surface area contributed by atoms with Crippen LogP contribution in [0.5, 0.6) is 5.75 Å². The minimum Gasteiger partial charge on any atom is -0.495 e. The molecule has 0 aromatic heterocycles. The van der Waals surface area contributed by atoms with E-state index in [2.05, 4.69) is 30.4 Å². The van der Waals surface area contributed by atoms with Gasteiger partial charge in [-0.1, -0.05) is 35.9 Å². The van der Waals surface area contributed by atoms with Crippen molar-refractivity contribution >= 4 is 17.5 Å². The van der Waals surface area contributed by atoms with Crippen LogP contribution in [0.3, 0.4) is 0 Å². The number of rotatable bonds is 3. The average Bonchev–Trinajstić information content (AvgIpc) is 3.23. The van der Waals surface area contributed by atoms with E-state index >= 15 is 0 Å². The van der Waals surface area contributed by atoms with Gasteiger partial charge in [-0.15, -0.1) is 0 Å². The van der Waals surface area contributed by atoms with E-state index in [1.165, 1.54) is 11.1 Å². The van der Waals surface area contributed by atoms with Crippen LogP contribution in [-0.2, 0) is 0 Å². The second kappa shape index (κ2) is 6.93. The number of likely N-dealkylation sites (tertiary alicyclic amines) is 1. The fraction of sp³-hybridized carbons (Fsp3) is 0.381. The van der Waals surface area contributed by atoms with Gasteiger partial charge in [0, 0.05) is 31.1 Å². The number of nitrogens with one attached hydrogen (secondary N) is 1. The van der Waals surface area contributed by atoms with E-state index in [0.29, 0.717) is 28.2 Å². The number of benzene rings is 2. The minimum absolute atomic E-state index is 0.0391. The second-order valence-corrected chi connectivity index (χ2v) is 7.60. The van der Waals surface area contributed by atoms with Crippen molar-refractivity contribution in [3.8, 4) is 5.75 Å². The van der Waals surface area contributed by atoms with Gasteiger partial charge < -0.3 is 15.0 Å². The van der Waals surface area contributed by atoms with Crippen LogP contribution in [0, 0.1) is 18.8 Å². The molecule has 4 rings (SSSR count). The molecule has 0 aliphatic carbocycles. The first-order valence-corrected chi connectivity index (χ1v) is 9.38. The summed E-state index contributed by atoms with van der Waals surface area (Å²) < 4.78 is 5.21. The predicted molar refractivity (Wildman–Crippen MR) is 103 cm³/mol. The number of carbonyl (C=O) groups excluding carboxylic acids is 1. The molecule has 1 amide bonds. The number of hydrogen-bond acceptors (Lipinski definition) is 3. The highest BCUT2D eigenvalue weighted by Crippen LogP contribution is 2.44. The fourth-order valence-corrected chi connectivity index (χ4v) is 4.67. The lowest BCUT2D eigenvalue weighted by Crippen LogP contribution is -2.35. The lowest BCUT2D eigenvalue weighted by molar-refractivity contribution is 0.0713. The fourth-order valence-electron chi connectivity index (χ4n) is 4.41. The number of halogens is 1. The van der Waals surface area contributed by atoms with Crippen molar-refractivity contribution in [2.75, 3.05) is 26.7 Å². The monoisotopic (exact) mass is 370 g/mol. The molecular formula is C21H23ClN2O2. The quantitative estimate of drug-likeness (QED) is 0.895. The van der Waals surface area contributed by atoms with E-state index in [1.807, 2.05) is 11.0 Å². The van der Waals surface area contributed by atoms with E-state index in [4.69, 9.17) is 16.3 Å². The number of aryl methyl sites for hydroxylation is 1. The summed E-state index contributed by atoms with van der Waals surface area (Å²) in [6.07, 6.45) is 0. The van der Waals surface area contributed by atoms with E-state index in [1.54, 1.807) is 25.3 Å². The zero-order valence-corrected chi connectivity index (χ0v) is 15.8. The molecule has 136 valence electrons. The van der Waals surface area contributed by atoms with Gasteiger partial charge in [0.2, 0.25) is 0 Å². The molecule has 0 radical (unpaired) electrons. The molecule has 1 N–H and O–H groups in total. The van der Waals surface area contributed by atoms with Crippen molar-refractivity contribution in [2.45, 2.75) is 13.0 Å². The number of nitrogens with zero attached hydrogens (tertiary/aromatic N) is 1. The van der Waals surface area contributed by atoms with Crippen LogP contribution in [0.4, 0.5) is 0 Å². The first kappa shape index (κ1) is 17.4. The highest BCUT2D eigenvalue weighted by molar-refractivity contribution is 6.32. The summed E-state index contributed by atoms with van der Waals surface area (Å²) in [6.45, 7) is 4.83. The van der Waals surface area contributed by atoms with Crippen LogP contribution in [-0.4, -0.2) is 37.6 Å². The van der Waals surface area contributed by atoms with Gasteiger partial charge in [-0.05, 0) is 42.2 Å². The van der Waals surface area contributed by atoms with Crippen molar-refractivity contribution in [1.29, 1.82) is 0 Å². The van der Waals surface area contributed by atoms with Gasteiger partial charge in [0.25, 0.3) is 5.91 Å². The first-order chi connectivity index (χ1) is 12.6. The van der Waals surface area contributed by atoms with Crippen LogP contribution >= 0.6 is 11.6 Å². The Kier molecular flexibility index (Phi) is 4.63. The van der Waals surface area contributed by atoms with Gasteiger partial charge in [-0.25, -0.2) is 0 Å². The molecule has 0 unspecified atom stereocenters. The summed E-state index contributed by atoms with van der Waals surface area (Å²) in [7, 11) is 1.57. The Morgan fingerprint density at radius 2 is 2.04 bits per heavy atom. The van der Waals surface area contributed by atoms with Gasteiger partial charge in [0.05, 0.1) is 18.2 Å². The lowest BCUT2D eigenvalue weighted by atomic mass is 9.87. The SMILES string of the molecule is COc1ccc(C(=O)N2C[C@@H]3CNC[C@@H]3[C@H]2c2ccccc2C)cc1Cl. The van der Waals surface area contributed by atoms with E-state index < -0.39 is 0 Å². The Morgan fingerprint density at radius 1 is 1.23 bits per heavy atom. The van der Waals surface area contributed by atoms with Crippen molar-refractivity contribution in [2.24, 2.45) is 11.8 Å². The number of methoxy groups -OCH3 is 1. The molecule has 2 aromatic rings. The third-order valence-corrected chi connectivity index (χ3v) is 6.03. The van der Waals surface area contributed by atoms with Crippen molar-refractivity contribution in [3.05, 3.63) is 64.2 Å². The zero-order valence-electron chi connectivity index (χ0n) is 15.0. The van der Waals surface area contributed by atoms with Gasteiger partial charge in [-0.2, -0.15) is 0 Å². The molecule has 4 nitrogen and oxygen atoms in total. The summed E-state index contributed by atoms with van der Waals surface area (Å²) in [5, 5.41) is 3.96. The van der Waals surface area contributed by atoms with E-state index in [-0.39, 0.29) is 11.9 Å². The number of ether oxygens (including phenoxy) is 1. The molecule has 2 saturated heterocycles. The highest BCUT2D eigenvalue weighted by Gasteiger charge is 2.47. The van der Waals surface area contributed by atoms with E-state index in [0.717, 1.165) is 19.6 Å². The molecular weight excluding hydrogens is 348 g/mol. The van der Waals surface area contributed by atoms with E-state index in [9.17, 15) is 4.79 Å². The Bertz CT molecular complexity index is 839. The standard InChI is InChI=1S/C21H23ClN2O2/c1-13-5-3-4-6-16(13)20-17-11-23-10-15(17)12-24(20)21(25)14-7-8-19(26-2)18(22)9-14/h3-9,15,17,20,23H,10-12H2,1-2H3/t15-,17-,20+/m0/s1. The average molecular weight is 371 g/mol. The van der Waals surface area contributed by atoms with Crippen LogP contribution < -0.4 is 10.1 Å². The summed E-state index contributed by atoms with van der Waals surface area (Å²) in [6, 6.07) is 13.8. The predicted octanol–water partition coefficient (Wildman–Crippen LogP) is 3.69. The Balaban J connectivity index is 1.71. The molecule has 2 heterocycles. The molecule has 0 bridgehead atoms. The van der Waals surface area contributed by atoms with Crippen molar-refractivity contribution in [3.63, 3.8) is 0 Å². The molecule has 0 spiro atoms. The highest BCUT2D eigenvalue weighted by atomic mass is 35.5. The maximum Gasteiger partial charge on any atom is 0.254 e. The van der Waals surface area contributed by atoms with Crippen LogP contribution in [0.25, 0.3) is 0 Å². The maximum atomic E-state index is 13.3. The number of amides is 1. The van der Waals surface area contributed by atoms with Crippen molar-refractivity contribution in [1.82, 2.24) is 10.2 Å². The molecule has 0 saturated carbocycles. The molecule has 2 aromatic carbocycles. The summed E-state index contributed by atoms with van der Waals surface area (Å²) in [4.78, 5) is 15.4. The Morgan fingerprint density at radius 3 is 2.77 bits per heavy atom. The smallest absolute Gasteiger partial charge is 0.254 e. The maximum absolute atomic E-state index is 13.3. The normalized spacial score (nSPS) is 24.6. The largest absolute Gasteiger partial charge is 0.495 e. The third-order valence-electron chi connectivity index (χ3n) is 5.73. The summed E-state index contributed by atoms with van der Waals surface area (Å²) >= 11 is 6.25. The topological polar surface area (TPSA) is 41.6 Å². The molecule has 3 atom stereocenters. The van der Waals surface area contributed by atoms with Crippen LogP contribution in [0.2, 0.25) is 5.02 Å². The van der Waals surface area contributed by atoms with Gasteiger partial charge in [-0.3, -0.25) is 4.79 Å². The molecule has 2 fully saturated rings. The van der Waals surface area contributed by atoms with Crippen LogP contribution in [0.1, 0.15) is 27.5 Å². The molecule has 26 heavy (non-hydrogen) atoms. The number of carbonyl (C=O) groups is 1. The lowest BCUT2D eigenvalue weighted by Gasteiger charge is -2.29. The van der Waals surface area contributed by atoms with Gasteiger partial charge >= 0.3 is 0 Å². The second-order valence-electron chi connectivity index (χ2n) is 7.19. The minimum atomic E-state index is 0.0391. The number of fused-ring (bicyclic) bond motifs is 1. The Labute approximate surface area is 159 Å². The zero-order chi connectivity index (χ0) is 18.3. The summed E-state index contributed by atoms with van der Waals surface area (Å²) in [5.41, 5.74) is 3.09. The van der Waals surface area contributed by atoms with Gasteiger partial charge in [0.1, 0.15) is 5.75 Å². The first-order valence-electron chi connectivity index (χ1n) is 9.01. The summed E-state index contributed by atoms with van der Waals surface area (Å²) in [5.74, 6) is 1.57. The molecule has 5 heteroatoms. The van der Waals surface area contributed by atoms with Crippen LogP contribution in [0.15, 0.2) is 42.5 Å². The Hall–Kier alpha value is -2.04. The number of hydrogen-bond donors (Lipinski definition) is 1. The molecule has 2 aliphatic rings. The van der Waals surface area contributed by atoms with Crippen molar-refractivity contribution < 1.29 is 9.53 Å².